The van der Waals surface area contributed by atoms with Crippen molar-refractivity contribution in [2.75, 3.05) is 5.32 Å². The van der Waals surface area contributed by atoms with Gasteiger partial charge in [-0.15, -0.1) is 10.2 Å². The fraction of sp³-hybridized carbons (Fsp3) is 0.444. The van der Waals surface area contributed by atoms with E-state index in [-0.39, 0.29) is 11.2 Å². The van der Waals surface area contributed by atoms with Crippen LogP contribution in [0.2, 0.25) is 0 Å². The highest BCUT2D eigenvalue weighted by Gasteiger charge is 2.35. The van der Waals surface area contributed by atoms with Crippen LogP contribution in [0.25, 0.3) is 0 Å². The zero-order chi connectivity index (χ0) is 13.2. The van der Waals surface area contributed by atoms with Crippen molar-refractivity contribution in [3.8, 4) is 0 Å². The number of nitrogens with one attached hydrogen (secondary N) is 1. The lowest BCUT2D eigenvalue weighted by Crippen LogP contribution is -2.21. The van der Waals surface area contributed by atoms with Crippen molar-refractivity contribution in [3.05, 3.63) is 23.7 Å². The number of halogens is 3. The summed E-state index contributed by atoms with van der Waals surface area (Å²) in [6.45, 7) is 2.43. The van der Waals surface area contributed by atoms with Crippen LogP contribution in [-0.2, 0) is 12.7 Å². The van der Waals surface area contributed by atoms with Crippen LogP contribution in [0.4, 0.5) is 18.3 Å². The Morgan fingerprint density at radius 3 is 2.78 bits per heavy atom. The first-order valence-corrected chi connectivity index (χ1v) is 5.90. The van der Waals surface area contributed by atoms with Crippen LogP contribution >= 0.6 is 11.3 Å². The Kier molecular flexibility index (Phi) is 3.50. The molecule has 0 fully saturated rings. The van der Waals surface area contributed by atoms with Crippen LogP contribution in [0, 0.1) is 0 Å². The van der Waals surface area contributed by atoms with Gasteiger partial charge >= 0.3 is 6.18 Å². The van der Waals surface area contributed by atoms with Crippen molar-refractivity contribution in [3.63, 3.8) is 0 Å². The van der Waals surface area contributed by atoms with Gasteiger partial charge < -0.3 is 9.88 Å². The van der Waals surface area contributed by atoms with E-state index in [4.69, 9.17) is 0 Å². The van der Waals surface area contributed by atoms with E-state index in [0.29, 0.717) is 17.9 Å². The molecule has 0 aliphatic heterocycles. The van der Waals surface area contributed by atoms with Crippen molar-refractivity contribution < 1.29 is 13.2 Å². The predicted octanol–water partition coefficient (Wildman–Crippen LogP) is 2.25. The van der Waals surface area contributed by atoms with Gasteiger partial charge in [-0.05, 0) is 6.92 Å². The van der Waals surface area contributed by atoms with E-state index >= 15 is 0 Å². The van der Waals surface area contributed by atoms with Crippen LogP contribution in [0.1, 0.15) is 11.9 Å². The van der Waals surface area contributed by atoms with Crippen molar-refractivity contribution in [1.82, 2.24) is 19.7 Å². The molecule has 0 bridgehead atoms. The largest absolute Gasteiger partial charge is 0.445 e. The van der Waals surface area contributed by atoms with Gasteiger partial charge in [0.05, 0.1) is 6.33 Å². The normalized spacial score (nSPS) is 13.6. The number of hydrogen-bond donors (Lipinski definition) is 1. The fourth-order valence-corrected chi connectivity index (χ4v) is 2.09. The Balaban J connectivity index is 1.95. The highest BCUT2D eigenvalue weighted by Crippen LogP contribution is 2.33. The molecule has 1 atom stereocenters. The zero-order valence-electron chi connectivity index (χ0n) is 9.35. The van der Waals surface area contributed by atoms with Gasteiger partial charge in [0.1, 0.15) is 0 Å². The van der Waals surface area contributed by atoms with Crippen LogP contribution in [0.15, 0.2) is 18.7 Å². The van der Waals surface area contributed by atoms with E-state index < -0.39 is 11.2 Å². The van der Waals surface area contributed by atoms with Gasteiger partial charge in [0.15, 0.2) is 0 Å². The second-order valence-corrected chi connectivity index (χ2v) is 4.69. The Morgan fingerprint density at radius 1 is 1.44 bits per heavy atom. The van der Waals surface area contributed by atoms with E-state index in [0.717, 1.165) is 0 Å². The first kappa shape index (κ1) is 12.8. The first-order chi connectivity index (χ1) is 8.45. The molecular formula is C9H10F3N5S. The molecule has 2 heterocycles. The maximum Gasteiger partial charge on any atom is 0.445 e. The Bertz CT molecular complexity index is 493. The predicted molar refractivity (Wildman–Crippen MR) is 60.2 cm³/mol. The fourth-order valence-electron chi connectivity index (χ4n) is 1.36. The average molecular weight is 277 g/mol. The summed E-state index contributed by atoms with van der Waals surface area (Å²) in [4.78, 5) is 3.88. The van der Waals surface area contributed by atoms with E-state index in [1.54, 1.807) is 18.7 Å². The number of alkyl halides is 3. The standard InChI is InChI=1S/C9H10F3N5S/c1-6(4-17-3-2-13-5-17)14-8-16-15-7(18-8)9(10,11)12/h2-3,5-6H,4H2,1H3,(H,14,16). The maximum atomic E-state index is 12.3. The number of rotatable bonds is 4. The van der Waals surface area contributed by atoms with Gasteiger partial charge in [0.25, 0.3) is 0 Å². The van der Waals surface area contributed by atoms with Crippen LogP contribution in [0.5, 0.6) is 0 Å². The van der Waals surface area contributed by atoms with Crippen LogP contribution in [-0.4, -0.2) is 25.8 Å². The Hall–Kier alpha value is -1.64. The smallest absolute Gasteiger partial charge is 0.356 e. The van der Waals surface area contributed by atoms with Crippen molar-refractivity contribution in [2.45, 2.75) is 25.7 Å². The number of anilines is 1. The molecule has 0 aliphatic carbocycles. The molecule has 0 saturated heterocycles. The van der Waals surface area contributed by atoms with Crippen molar-refractivity contribution in [2.24, 2.45) is 0 Å². The van der Waals surface area contributed by atoms with Crippen LogP contribution in [0.3, 0.4) is 0 Å². The minimum Gasteiger partial charge on any atom is -0.356 e. The third-order valence-corrected chi connectivity index (χ3v) is 2.98. The third-order valence-electron chi connectivity index (χ3n) is 2.08. The lowest BCUT2D eigenvalue weighted by atomic mass is 10.3. The molecule has 0 aliphatic rings. The summed E-state index contributed by atoms with van der Waals surface area (Å²) < 4.78 is 38.8. The third kappa shape index (κ3) is 3.19. The molecular weight excluding hydrogens is 267 g/mol. The second-order valence-electron chi connectivity index (χ2n) is 3.71. The summed E-state index contributed by atoms with van der Waals surface area (Å²) in [7, 11) is 0. The summed E-state index contributed by atoms with van der Waals surface area (Å²) in [5.74, 6) is 0. The molecule has 0 aromatic carbocycles. The monoisotopic (exact) mass is 277 g/mol. The lowest BCUT2D eigenvalue weighted by Gasteiger charge is -2.12. The number of aromatic nitrogens is 4. The molecule has 2 aromatic heterocycles. The molecule has 0 radical (unpaired) electrons. The highest BCUT2D eigenvalue weighted by molar-refractivity contribution is 7.15. The van der Waals surface area contributed by atoms with Gasteiger partial charge in [0, 0.05) is 25.0 Å². The molecule has 5 nitrogen and oxygen atoms in total. The van der Waals surface area contributed by atoms with Gasteiger partial charge in [-0.1, -0.05) is 11.3 Å². The molecule has 98 valence electrons. The second kappa shape index (κ2) is 4.92. The summed E-state index contributed by atoms with van der Waals surface area (Å²) in [5, 5.41) is 8.65. The zero-order valence-corrected chi connectivity index (χ0v) is 10.2. The summed E-state index contributed by atoms with van der Waals surface area (Å²) in [6, 6.07) is -0.0757. The van der Waals surface area contributed by atoms with E-state index in [1.165, 1.54) is 0 Å². The minimum atomic E-state index is -4.44. The molecule has 2 aromatic rings. The van der Waals surface area contributed by atoms with E-state index in [1.807, 2.05) is 11.5 Å². The molecule has 1 unspecified atom stereocenters. The molecule has 1 N–H and O–H groups in total. The molecule has 0 saturated carbocycles. The van der Waals surface area contributed by atoms with E-state index in [9.17, 15) is 13.2 Å². The van der Waals surface area contributed by atoms with Crippen LogP contribution < -0.4 is 5.32 Å². The Morgan fingerprint density at radius 2 is 2.22 bits per heavy atom. The Labute approximate surface area is 105 Å². The molecule has 2 rings (SSSR count). The number of imidazole rings is 1. The number of hydrogen-bond acceptors (Lipinski definition) is 5. The van der Waals surface area contributed by atoms with Crippen molar-refractivity contribution >= 4 is 16.5 Å². The van der Waals surface area contributed by atoms with Gasteiger partial charge in [-0.2, -0.15) is 13.2 Å². The topological polar surface area (TPSA) is 55.6 Å². The molecule has 9 heteroatoms. The number of nitrogens with zero attached hydrogens (tertiary/aromatic N) is 4. The average Bonchev–Trinajstić information content (AvgIpc) is 2.87. The van der Waals surface area contributed by atoms with E-state index in [2.05, 4.69) is 20.5 Å². The van der Waals surface area contributed by atoms with Gasteiger partial charge in [-0.25, -0.2) is 4.98 Å². The summed E-state index contributed by atoms with van der Waals surface area (Å²) in [5.41, 5.74) is 0. The quantitative estimate of drug-likeness (QED) is 0.931. The molecule has 18 heavy (non-hydrogen) atoms. The maximum absolute atomic E-state index is 12.3. The molecule has 0 amide bonds. The summed E-state index contributed by atoms with van der Waals surface area (Å²) in [6.07, 6.45) is 0.615. The van der Waals surface area contributed by atoms with Gasteiger partial charge in [-0.3, -0.25) is 0 Å². The summed E-state index contributed by atoms with van der Waals surface area (Å²) >= 11 is 0.498. The lowest BCUT2D eigenvalue weighted by molar-refractivity contribution is -0.138. The van der Waals surface area contributed by atoms with Gasteiger partial charge in [0.2, 0.25) is 10.1 Å². The highest BCUT2D eigenvalue weighted by atomic mass is 32.1. The first-order valence-electron chi connectivity index (χ1n) is 5.08. The SMILES string of the molecule is CC(Cn1ccnc1)Nc1nnc(C(F)(F)F)s1. The minimum absolute atomic E-state index is 0.0757. The molecule has 0 spiro atoms. The van der Waals surface area contributed by atoms with Crippen molar-refractivity contribution in [1.29, 1.82) is 0 Å².